The summed E-state index contributed by atoms with van der Waals surface area (Å²) in [7, 11) is 3.46. The molecule has 0 saturated heterocycles. The van der Waals surface area contributed by atoms with E-state index in [1.54, 1.807) is 19.0 Å². The second kappa shape index (κ2) is 11.4. The van der Waals surface area contributed by atoms with Gasteiger partial charge in [-0.05, 0) is 37.0 Å². The number of amides is 1. The van der Waals surface area contributed by atoms with Crippen molar-refractivity contribution in [3.63, 3.8) is 0 Å². The van der Waals surface area contributed by atoms with E-state index in [0.717, 1.165) is 24.3 Å². The Morgan fingerprint density at radius 1 is 1.19 bits per heavy atom. The quantitative estimate of drug-likeness (QED) is 0.524. The molecule has 1 unspecified atom stereocenters. The van der Waals surface area contributed by atoms with Gasteiger partial charge in [0.1, 0.15) is 12.3 Å². The Morgan fingerprint density at radius 3 is 2.38 bits per heavy atom. The predicted molar refractivity (Wildman–Crippen MR) is 108 cm³/mol. The average Bonchev–Trinajstić information content (AvgIpc) is 2.61. The van der Waals surface area contributed by atoms with E-state index in [1.165, 1.54) is 0 Å². The number of carbonyl (C=O) groups excluding carboxylic acids is 1. The van der Waals surface area contributed by atoms with Crippen LogP contribution < -0.4 is 15.4 Å². The maximum atomic E-state index is 11.8. The van der Waals surface area contributed by atoms with Crippen molar-refractivity contribution in [2.24, 2.45) is 10.9 Å². The Morgan fingerprint density at radius 2 is 1.85 bits per heavy atom. The third kappa shape index (κ3) is 8.23. The van der Waals surface area contributed by atoms with E-state index in [2.05, 4.69) is 55.5 Å². The van der Waals surface area contributed by atoms with Gasteiger partial charge in [0, 0.05) is 20.6 Å². The first kappa shape index (κ1) is 21.8. The first-order valence-electron chi connectivity index (χ1n) is 9.31. The number of ether oxygens (including phenoxy) is 1. The molecule has 0 aliphatic carbocycles. The van der Waals surface area contributed by atoms with E-state index in [-0.39, 0.29) is 18.5 Å². The van der Waals surface area contributed by atoms with Crippen LogP contribution in [0.25, 0.3) is 0 Å². The topological polar surface area (TPSA) is 66.0 Å². The van der Waals surface area contributed by atoms with Crippen LogP contribution >= 0.6 is 0 Å². The minimum absolute atomic E-state index is 0.0260. The molecule has 1 rings (SSSR count). The number of benzene rings is 1. The monoisotopic (exact) mass is 362 g/mol. The van der Waals surface area contributed by atoms with E-state index in [9.17, 15) is 4.79 Å². The van der Waals surface area contributed by atoms with Crippen LogP contribution in [-0.4, -0.2) is 50.6 Å². The van der Waals surface area contributed by atoms with E-state index in [4.69, 9.17) is 4.74 Å². The van der Waals surface area contributed by atoms with Gasteiger partial charge < -0.3 is 20.3 Å². The van der Waals surface area contributed by atoms with Crippen molar-refractivity contribution in [1.82, 2.24) is 15.5 Å². The normalized spacial score (nSPS) is 12.7. The number of hydrogen-bond donors (Lipinski definition) is 2. The molecule has 0 heterocycles. The molecule has 0 saturated carbocycles. The summed E-state index contributed by atoms with van der Waals surface area (Å²) in [6.45, 7) is 10.1. The van der Waals surface area contributed by atoms with Crippen LogP contribution in [0.15, 0.2) is 29.3 Å². The van der Waals surface area contributed by atoms with E-state index < -0.39 is 0 Å². The van der Waals surface area contributed by atoms with Gasteiger partial charge in [-0.1, -0.05) is 32.9 Å². The first-order chi connectivity index (χ1) is 12.3. The molecule has 0 radical (unpaired) electrons. The fraction of sp³-hybridized carbons (Fsp3) is 0.600. The molecular formula is C20H34N4O2. The maximum absolute atomic E-state index is 11.8. The number of hydrogen-bond acceptors (Lipinski definition) is 3. The molecule has 1 aromatic carbocycles. The lowest BCUT2D eigenvalue weighted by Crippen LogP contribution is -2.40. The molecular weight excluding hydrogens is 328 g/mol. The van der Waals surface area contributed by atoms with Gasteiger partial charge in [-0.15, -0.1) is 0 Å². The van der Waals surface area contributed by atoms with Crippen molar-refractivity contribution in [3.8, 4) is 5.75 Å². The average molecular weight is 363 g/mol. The lowest BCUT2D eigenvalue weighted by molar-refractivity contribution is -0.127. The maximum Gasteiger partial charge on any atom is 0.243 e. The smallest absolute Gasteiger partial charge is 0.243 e. The number of nitrogens with zero attached hydrogens (tertiary/aromatic N) is 2. The van der Waals surface area contributed by atoms with Crippen molar-refractivity contribution in [3.05, 3.63) is 29.8 Å². The van der Waals surface area contributed by atoms with Crippen molar-refractivity contribution in [2.45, 2.75) is 40.2 Å². The van der Waals surface area contributed by atoms with Crippen molar-refractivity contribution < 1.29 is 9.53 Å². The molecule has 0 aromatic heterocycles. The summed E-state index contributed by atoms with van der Waals surface area (Å²) < 4.78 is 5.73. The van der Waals surface area contributed by atoms with Crippen molar-refractivity contribution in [2.75, 3.05) is 33.8 Å². The van der Waals surface area contributed by atoms with Gasteiger partial charge in [0.15, 0.2) is 5.96 Å². The minimum Gasteiger partial charge on any atom is -0.493 e. The molecule has 26 heavy (non-hydrogen) atoms. The zero-order valence-corrected chi connectivity index (χ0v) is 17.0. The van der Waals surface area contributed by atoms with E-state index in [1.807, 2.05) is 12.1 Å². The highest BCUT2D eigenvalue weighted by Gasteiger charge is 2.10. The number of guanidine groups is 1. The molecule has 6 heteroatoms. The van der Waals surface area contributed by atoms with Gasteiger partial charge >= 0.3 is 0 Å². The third-order valence-electron chi connectivity index (χ3n) is 3.73. The molecule has 6 nitrogen and oxygen atoms in total. The van der Waals surface area contributed by atoms with E-state index >= 15 is 0 Å². The summed E-state index contributed by atoms with van der Waals surface area (Å²) in [5, 5.41) is 6.61. The predicted octanol–water partition coefficient (Wildman–Crippen LogP) is 2.82. The number of rotatable bonds is 9. The van der Waals surface area contributed by atoms with Gasteiger partial charge in [0.05, 0.1) is 12.6 Å². The third-order valence-corrected chi connectivity index (χ3v) is 3.73. The minimum atomic E-state index is -0.0260. The molecule has 0 spiro atoms. The van der Waals surface area contributed by atoms with Crippen LogP contribution in [0.1, 0.15) is 45.7 Å². The van der Waals surface area contributed by atoms with Gasteiger partial charge in [0.25, 0.3) is 0 Å². The van der Waals surface area contributed by atoms with Gasteiger partial charge in [0.2, 0.25) is 5.91 Å². The lowest BCUT2D eigenvalue weighted by Gasteiger charge is -2.19. The zero-order valence-electron chi connectivity index (χ0n) is 17.0. The molecule has 0 aliphatic rings. The second-order valence-corrected chi connectivity index (χ2v) is 7.02. The highest BCUT2D eigenvalue weighted by atomic mass is 16.5. The summed E-state index contributed by atoms with van der Waals surface area (Å²) in [4.78, 5) is 17.7. The fourth-order valence-corrected chi connectivity index (χ4v) is 2.09. The molecule has 146 valence electrons. The zero-order chi connectivity index (χ0) is 19.5. The van der Waals surface area contributed by atoms with Crippen molar-refractivity contribution in [1.29, 1.82) is 0 Å². The molecule has 1 atom stereocenters. The standard InChI is InChI=1S/C20H34N4O2/c1-7-12-21-20(22-13-19(25)24(5)6)23-16(4)17-8-10-18(11-9-17)26-14-15(2)3/h8-11,15-16H,7,12-14H2,1-6H3,(H2,21,22,23). The number of nitrogens with one attached hydrogen (secondary N) is 2. The Bertz CT molecular complexity index is 568. The summed E-state index contributed by atoms with van der Waals surface area (Å²) >= 11 is 0. The van der Waals surface area contributed by atoms with E-state index in [0.29, 0.717) is 18.5 Å². The molecule has 0 bridgehead atoms. The largest absolute Gasteiger partial charge is 0.493 e. The number of carbonyl (C=O) groups is 1. The van der Waals surface area contributed by atoms with Crippen LogP contribution in [0.3, 0.4) is 0 Å². The molecule has 0 fully saturated rings. The Balaban J connectivity index is 2.70. The highest BCUT2D eigenvalue weighted by molar-refractivity contribution is 5.85. The van der Waals surface area contributed by atoms with Crippen LogP contribution in [0, 0.1) is 5.92 Å². The highest BCUT2D eigenvalue weighted by Crippen LogP contribution is 2.18. The number of aliphatic imine (C=N–C) groups is 1. The van der Waals surface area contributed by atoms with Gasteiger partial charge in [-0.2, -0.15) is 0 Å². The molecule has 2 N–H and O–H groups in total. The molecule has 1 aromatic rings. The lowest BCUT2D eigenvalue weighted by atomic mass is 10.1. The van der Waals surface area contributed by atoms with Crippen LogP contribution in [0.2, 0.25) is 0 Å². The SMILES string of the molecule is CCCNC(=NCC(=O)N(C)C)NC(C)c1ccc(OCC(C)C)cc1. The Labute approximate surface area is 158 Å². The van der Waals surface area contributed by atoms with Crippen LogP contribution in [-0.2, 0) is 4.79 Å². The summed E-state index contributed by atoms with van der Waals surface area (Å²) in [5.41, 5.74) is 1.13. The first-order valence-corrected chi connectivity index (χ1v) is 9.31. The Hall–Kier alpha value is -2.24. The summed E-state index contributed by atoms with van der Waals surface area (Å²) in [5.74, 6) is 2.00. The van der Waals surface area contributed by atoms with Gasteiger partial charge in [-0.25, -0.2) is 4.99 Å². The van der Waals surface area contributed by atoms with Crippen molar-refractivity contribution >= 4 is 11.9 Å². The van der Waals surface area contributed by atoms with Crippen LogP contribution in [0.5, 0.6) is 5.75 Å². The molecule has 0 aliphatic heterocycles. The number of likely N-dealkylation sites (N-methyl/N-ethyl adjacent to an activating group) is 1. The Kier molecular flexibility index (Phi) is 9.55. The van der Waals surface area contributed by atoms with Crippen LogP contribution in [0.4, 0.5) is 0 Å². The van der Waals surface area contributed by atoms with Gasteiger partial charge in [-0.3, -0.25) is 4.79 Å². The second-order valence-electron chi connectivity index (χ2n) is 7.02. The molecule has 1 amide bonds. The summed E-state index contributed by atoms with van der Waals surface area (Å²) in [6.07, 6.45) is 0.985. The summed E-state index contributed by atoms with van der Waals surface area (Å²) in [6, 6.07) is 8.14. The fourth-order valence-electron chi connectivity index (χ4n) is 2.09.